The van der Waals surface area contributed by atoms with E-state index in [0.29, 0.717) is 6.04 Å². The van der Waals surface area contributed by atoms with Gasteiger partial charge in [0.05, 0.1) is 19.4 Å². The number of rotatable bonds is 3. The summed E-state index contributed by atoms with van der Waals surface area (Å²) in [5.41, 5.74) is 0. The van der Waals surface area contributed by atoms with Crippen molar-refractivity contribution in [2.45, 2.75) is 6.04 Å². The second-order valence-corrected chi connectivity index (χ2v) is 3.20. The Morgan fingerprint density at radius 1 is 1.57 bits per heavy atom. The van der Waals surface area contributed by atoms with E-state index in [1.165, 1.54) is 0 Å². The highest BCUT2D eigenvalue weighted by Gasteiger charge is 2.12. The molecule has 1 unspecified atom stereocenters. The maximum Gasteiger partial charge on any atom is 0.144 e. The van der Waals surface area contributed by atoms with Crippen molar-refractivity contribution in [2.24, 2.45) is 0 Å². The van der Waals surface area contributed by atoms with Crippen molar-refractivity contribution in [1.82, 2.24) is 15.3 Å². The third kappa shape index (κ3) is 2.65. The van der Waals surface area contributed by atoms with E-state index in [-0.39, 0.29) is 0 Å². The summed E-state index contributed by atoms with van der Waals surface area (Å²) in [6.07, 6.45) is 5.05. The fraction of sp³-hybridized carbons (Fsp3) is 0.556. The SMILES string of the molecule is c1cnc(NCC2COCCN2)cn1. The summed E-state index contributed by atoms with van der Waals surface area (Å²) in [7, 11) is 0. The van der Waals surface area contributed by atoms with Crippen molar-refractivity contribution in [3.8, 4) is 0 Å². The Kier molecular flexibility index (Phi) is 3.26. The minimum atomic E-state index is 0.366. The predicted octanol–water partition coefficient (Wildman–Crippen LogP) is -0.123. The van der Waals surface area contributed by atoms with Gasteiger partial charge in [-0.15, -0.1) is 0 Å². The maximum atomic E-state index is 5.33. The second-order valence-electron chi connectivity index (χ2n) is 3.20. The van der Waals surface area contributed by atoms with Gasteiger partial charge in [-0.3, -0.25) is 4.98 Å². The number of anilines is 1. The molecule has 0 radical (unpaired) electrons. The molecule has 1 fully saturated rings. The minimum Gasteiger partial charge on any atom is -0.378 e. The molecule has 14 heavy (non-hydrogen) atoms. The summed E-state index contributed by atoms with van der Waals surface area (Å²) in [6, 6.07) is 0.366. The van der Waals surface area contributed by atoms with Crippen LogP contribution >= 0.6 is 0 Å². The van der Waals surface area contributed by atoms with Gasteiger partial charge in [-0.25, -0.2) is 4.98 Å². The zero-order valence-electron chi connectivity index (χ0n) is 7.94. The number of ether oxygens (including phenoxy) is 1. The van der Waals surface area contributed by atoms with Crippen molar-refractivity contribution in [1.29, 1.82) is 0 Å². The molecule has 1 aromatic heterocycles. The molecule has 0 aromatic carbocycles. The number of nitrogens with one attached hydrogen (secondary N) is 2. The van der Waals surface area contributed by atoms with Crippen molar-refractivity contribution >= 4 is 5.82 Å². The van der Waals surface area contributed by atoms with Crippen LogP contribution in [-0.4, -0.2) is 42.3 Å². The largest absolute Gasteiger partial charge is 0.378 e. The molecule has 0 saturated carbocycles. The Hall–Kier alpha value is -1.20. The molecule has 5 nitrogen and oxygen atoms in total. The minimum absolute atomic E-state index is 0.366. The van der Waals surface area contributed by atoms with Gasteiger partial charge in [0, 0.05) is 31.5 Å². The number of aromatic nitrogens is 2. The molecule has 1 aliphatic heterocycles. The van der Waals surface area contributed by atoms with Crippen LogP contribution in [0.2, 0.25) is 0 Å². The third-order valence-electron chi connectivity index (χ3n) is 2.09. The number of hydrogen-bond donors (Lipinski definition) is 2. The molecule has 0 bridgehead atoms. The van der Waals surface area contributed by atoms with Gasteiger partial charge in [0.25, 0.3) is 0 Å². The average Bonchev–Trinajstić information content (AvgIpc) is 2.29. The highest BCUT2D eigenvalue weighted by atomic mass is 16.5. The van der Waals surface area contributed by atoms with Gasteiger partial charge in [-0.2, -0.15) is 0 Å². The van der Waals surface area contributed by atoms with Crippen LogP contribution < -0.4 is 10.6 Å². The van der Waals surface area contributed by atoms with Crippen molar-refractivity contribution in [3.63, 3.8) is 0 Å². The van der Waals surface area contributed by atoms with Gasteiger partial charge in [0.2, 0.25) is 0 Å². The van der Waals surface area contributed by atoms with E-state index in [1.807, 2.05) is 0 Å². The number of hydrogen-bond acceptors (Lipinski definition) is 5. The standard InChI is InChI=1S/C9H14N4O/c1-2-12-9(6-10-1)13-5-8-7-14-4-3-11-8/h1-2,6,8,11H,3-5,7H2,(H,12,13). The summed E-state index contributed by atoms with van der Waals surface area (Å²) in [5.74, 6) is 0.805. The summed E-state index contributed by atoms with van der Waals surface area (Å²) in [4.78, 5) is 8.09. The van der Waals surface area contributed by atoms with E-state index >= 15 is 0 Å². The molecule has 1 atom stereocenters. The quantitative estimate of drug-likeness (QED) is 0.702. The Labute approximate surface area is 82.9 Å². The van der Waals surface area contributed by atoms with E-state index in [1.54, 1.807) is 18.6 Å². The van der Waals surface area contributed by atoms with E-state index in [9.17, 15) is 0 Å². The molecule has 76 valence electrons. The Balaban J connectivity index is 1.76. The van der Waals surface area contributed by atoms with Gasteiger partial charge in [0.15, 0.2) is 0 Å². The number of morpholine rings is 1. The Morgan fingerprint density at radius 3 is 3.29 bits per heavy atom. The summed E-state index contributed by atoms with van der Waals surface area (Å²) in [5, 5.41) is 6.55. The van der Waals surface area contributed by atoms with E-state index < -0.39 is 0 Å². The fourth-order valence-electron chi connectivity index (χ4n) is 1.37. The lowest BCUT2D eigenvalue weighted by Crippen LogP contribution is -2.45. The lowest BCUT2D eigenvalue weighted by atomic mass is 10.3. The highest BCUT2D eigenvalue weighted by Crippen LogP contribution is 1.99. The maximum absolute atomic E-state index is 5.33. The lowest BCUT2D eigenvalue weighted by Gasteiger charge is -2.23. The zero-order valence-corrected chi connectivity index (χ0v) is 7.94. The molecule has 0 amide bonds. The molecule has 2 rings (SSSR count). The van der Waals surface area contributed by atoms with Crippen LogP contribution in [0.1, 0.15) is 0 Å². The van der Waals surface area contributed by atoms with Gasteiger partial charge in [-0.05, 0) is 0 Å². The first-order valence-electron chi connectivity index (χ1n) is 4.76. The van der Waals surface area contributed by atoms with Gasteiger partial charge >= 0.3 is 0 Å². The molecule has 1 aromatic rings. The van der Waals surface area contributed by atoms with E-state index in [4.69, 9.17) is 4.74 Å². The van der Waals surface area contributed by atoms with Crippen LogP contribution in [0.25, 0.3) is 0 Å². The van der Waals surface area contributed by atoms with Crippen LogP contribution in [0.5, 0.6) is 0 Å². The number of nitrogens with zero attached hydrogens (tertiary/aromatic N) is 2. The van der Waals surface area contributed by atoms with Crippen LogP contribution in [0.4, 0.5) is 5.82 Å². The molecule has 5 heteroatoms. The first kappa shape index (κ1) is 9.36. The first-order valence-corrected chi connectivity index (χ1v) is 4.76. The van der Waals surface area contributed by atoms with Crippen LogP contribution in [-0.2, 0) is 4.74 Å². The van der Waals surface area contributed by atoms with Crippen LogP contribution in [0, 0.1) is 0 Å². The third-order valence-corrected chi connectivity index (χ3v) is 2.09. The van der Waals surface area contributed by atoms with Crippen LogP contribution in [0.3, 0.4) is 0 Å². The predicted molar refractivity (Wildman–Crippen MR) is 53.1 cm³/mol. The van der Waals surface area contributed by atoms with Gasteiger partial charge in [0.1, 0.15) is 5.82 Å². The first-order chi connectivity index (χ1) is 6.95. The molecule has 1 saturated heterocycles. The topological polar surface area (TPSA) is 59.1 Å². The molecule has 2 heterocycles. The lowest BCUT2D eigenvalue weighted by molar-refractivity contribution is 0.0806. The zero-order chi connectivity index (χ0) is 9.64. The van der Waals surface area contributed by atoms with Crippen molar-refractivity contribution < 1.29 is 4.74 Å². The van der Waals surface area contributed by atoms with Crippen molar-refractivity contribution in [2.75, 3.05) is 31.6 Å². The molecular formula is C9H14N4O. The summed E-state index contributed by atoms with van der Waals surface area (Å²) in [6.45, 7) is 3.31. The van der Waals surface area contributed by atoms with Gasteiger partial charge < -0.3 is 15.4 Å². The summed E-state index contributed by atoms with van der Waals surface area (Å²) < 4.78 is 5.33. The normalized spacial score (nSPS) is 21.9. The van der Waals surface area contributed by atoms with E-state index in [0.717, 1.165) is 32.1 Å². The van der Waals surface area contributed by atoms with Crippen molar-refractivity contribution in [3.05, 3.63) is 18.6 Å². The van der Waals surface area contributed by atoms with Crippen LogP contribution in [0.15, 0.2) is 18.6 Å². The molecule has 0 spiro atoms. The second kappa shape index (κ2) is 4.88. The smallest absolute Gasteiger partial charge is 0.144 e. The Morgan fingerprint density at radius 2 is 2.57 bits per heavy atom. The highest BCUT2D eigenvalue weighted by molar-refractivity contribution is 5.29. The molecular weight excluding hydrogens is 180 g/mol. The van der Waals surface area contributed by atoms with Gasteiger partial charge in [-0.1, -0.05) is 0 Å². The fourth-order valence-corrected chi connectivity index (χ4v) is 1.37. The summed E-state index contributed by atoms with van der Waals surface area (Å²) >= 11 is 0. The molecule has 0 aliphatic carbocycles. The van der Waals surface area contributed by atoms with E-state index in [2.05, 4.69) is 20.6 Å². The molecule has 1 aliphatic rings. The average molecular weight is 194 g/mol. The molecule has 2 N–H and O–H groups in total. The monoisotopic (exact) mass is 194 g/mol. The Bertz CT molecular complexity index is 261.